The van der Waals surface area contributed by atoms with Gasteiger partial charge in [0.2, 0.25) is 5.78 Å². The van der Waals surface area contributed by atoms with Crippen LogP contribution < -0.4 is 0 Å². The Morgan fingerprint density at radius 3 is 2.79 bits per heavy atom. The van der Waals surface area contributed by atoms with Gasteiger partial charge >= 0.3 is 5.97 Å². The molecular weight excluding hydrogens is 304 g/mol. The molecule has 24 heavy (non-hydrogen) atoms. The maximum Gasteiger partial charge on any atom is 0.312 e. The Kier molecular flexibility index (Phi) is 4.88. The molecule has 2 aromatic rings. The topological polar surface area (TPSA) is 64.2 Å². The van der Waals surface area contributed by atoms with Gasteiger partial charge in [0.25, 0.3) is 0 Å². The molecule has 0 saturated heterocycles. The molecule has 5 heteroatoms. The Bertz CT molecular complexity index is 742. The third-order valence-electron chi connectivity index (χ3n) is 4.84. The normalized spacial score (nSPS) is 17.3. The second-order valence-corrected chi connectivity index (χ2v) is 6.45. The fourth-order valence-corrected chi connectivity index (χ4v) is 3.53. The predicted octanol–water partition coefficient (Wildman–Crippen LogP) is 3.67. The summed E-state index contributed by atoms with van der Waals surface area (Å²) in [4.78, 5) is 24.6. The molecule has 1 N–H and O–H groups in total. The SMILES string of the molecule is CCCCn1cccc1C(=O)c1ccc2n1CCCCC2C(=O)O. The van der Waals surface area contributed by atoms with Crippen LogP contribution in [0.2, 0.25) is 0 Å². The average molecular weight is 328 g/mol. The first kappa shape index (κ1) is 16.6. The smallest absolute Gasteiger partial charge is 0.312 e. The van der Waals surface area contributed by atoms with E-state index in [-0.39, 0.29) is 5.78 Å². The number of aryl methyl sites for hydroxylation is 1. The van der Waals surface area contributed by atoms with Crippen LogP contribution in [0.4, 0.5) is 0 Å². The molecule has 0 bridgehead atoms. The fraction of sp³-hybridized carbons (Fsp3) is 0.474. The lowest BCUT2D eigenvalue weighted by Crippen LogP contribution is -2.18. The third kappa shape index (κ3) is 3.03. The molecule has 3 rings (SSSR count). The van der Waals surface area contributed by atoms with Gasteiger partial charge in [0.05, 0.1) is 17.3 Å². The van der Waals surface area contributed by atoms with E-state index in [0.717, 1.165) is 37.9 Å². The number of ketones is 1. The summed E-state index contributed by atoms with van der Waals surface area (Å²) in [5.74, 6) is -1.34. The van der Waals surface area contributed by atoms with Crippen LogP contribution in [0.25, 0.3) is 0 Å². The monoisotopic (exact) mass is 328 g/mol. The molecule has 1 atom stereocenters. The lowest BCUT2D eigenvalue weighted by molar-refractivity contribution is -0.139. The lowest BCUT2D eigenvalue weighted by Gasteiger charge is -2.14. The van der Waals surface area contributed by atoms with Crippen molar-refractivity contribution in [1.82, 2.24) is 9.13 Å². The average Bonchev–Trinajstić information content (AvgIpc) is 3.14. The minimum absolute atomic E-state index is 0.0200. The van der Waals surface area contributed by atoms with Gasteiger partial charge in [-0.2, -0.15) is 0 Å². The van der Waals surface area contributed by atoms with Gasteiger partial charge < -0.3 is 14.2 Å². The second-order valence-electron chi connectivity index (χ2n) is 6.45. The molecule has 0 aromatic carbocycles. The number of carboxylic acids is 1. The number of rotatable bonds is 6. The summed E-state index contributed by atoms with van der Waals surface area (Å²) < 4.78 is 3.92. The molecule has 2 aromatic heterocycles. The van der Waals surface area contributed by atoms with E-state index in [1.807, 2.05) is 33.5 Å². The second kappa shape index (κ2) is 7.07. The summed E-state index contributed by atoms with van der Waals surface area (Å²) in [6, 6.07) is 7.35. The summed E-state index contributed by atoms with van der Waals surface area (Å²) in [7, 11) is 0. The first-order valence-electron chi connectivity index (χ1n) is 8.75. The summed E-state index contributed by atoms with van der Waals surface area (Å²) in [6.45, 7) is 3.67. The van der Waals surface area contributed by atoms with Crippen molar-refractivity contribution in [3.05, 3.63) is 47.5 Å². The summed E-state index contributed by atoms with van der Waals surface area (Å²) in [5.41, 5.74) is 2.05. The van der Waals surface area contributed by atoms with Crippen molar-refractivity contribution in [2.24, 2.45) is 0 Å². The molecule has 0 spiro atoms. The molecular formula is C19H24N2O3. The van der Waals surface area contributed by atoms with Crippen molar-refractivity contribution in [3.63, 3.8) is 0 Å². The van der Waals surface area contributed by atoms with Crippen LogP contribution in [0.3, 0.4) is 0 Å². The molecule has 0 saturated carbocycles. The van der Waals surface area contributed by atoms with Gasteiger partial charge in [0.15, 0.2) is 0 Å². The number of aliphatic carboxylic acids is 1. The van der Waals surface area contributed by atoms with Crippen LogP contribution in [-0.4, -0.2) is 26.0 Å². The standard InChI is InChI=1S/C19H24N2O3/c1-2-3-11-20-12-6-8-16(20)18(22)17-10-9-15-14(19(23)24)7-4-5-13-21(15)17/h6,8-10,12,14H,2-5,7,11,13H2,1H3,(H,23,24). The maximum absolute atomic E-state index is 13.0. The first-order valence-corrected chi connectivity index (χ1v) is 8.75. The number of nitrogens with zero attached hydrogens (tertiary/aromatic N) is 2. The Morgan fingerprint density at radius 2 is 2.04 bits per heavy atom. The van der Waals surface area contributed by atoms with Crippen molar-refractivity contribution in [2.75, 3.05) is 0 Å². The zero-order valence-corrected chi connectivity index (χ0v) is 14.1. The highest BCUT2D eigenvalue weighted by molar-refractivity contribution is 6.07. The van der Waals surface area contributed by atoms with Crippen molar-refractivity contribution in [3.8, 4) is 0 Å². The maximum atomic E-state index is 13.0. The van der Waals surface area contributed by atoms with Crippen LogP contribution in [-0.2, 0) is 17.9 Å². The molecule has 1 unspecified atom stereocenters. The number of aromatic nitrogens is 2. The number of hydrogen-bond acceptors (Lipinski definition) is 2. The van der Waals surface area contributed by atoms with Crippen LogP contribution in [0.5, 0.6) is 0 Å². The Hall–Kier alpha value is -2.30. The van der Waals surface area contributed by atoms with Crippen molar-refractivity contribution >= 4 is 11.8 Å². The molecule has 1 aliphatic heterocycles. The van der Waals surface area contributed by atoms with Crippen LogP contribution in [0, 0.1) is 0 Å². The molecule has 128 valence electrons. The molecule has 5 nitrogen and oxygen atoms in total. The minimum Gasteiger partial charge on any atom is -0.481 e. The number of carbonyl (C=O) groups excluding carboxylic acids is 1. The molecule has 0 aliphatic carbocycles. The number of carbonyl (C=O) groups is 2. The number of carboxylic acid groups (broad SMARTS) is 1. The first-order chi connectivity index (χ1) is 11.6. The zero-order chi connectivity index (χ0) is 17.1. The molecule has 3 heterocycles. The Morgan fingerprint density at radius 1 is 1.21 bits per heavy atom. The van der Waals surface area contributed by atoms with Crippen LogP contribution >= 0.6 is 0 Å². The van der Waals surface area contributed by atoms with Crippen LogP contribution in [0.15, 0.2) is 30.5 Å². The number of fused-ring (bicyclic) bond motifs is 1. The molecule has 0 amide bonds. The van der Waals surface area contributed by atoms with Crippen molar-refractivity contribution < 1.29 is 14.7 Å². The highest BCUT2D eigenvalue weighted by atomic mass is 16.4. The predicted molar refractivity (Wildman–Crippen MR) is 91.4 cm³/mol. The van der Waals surface area contributed by atoms with Crippen molar-refractivity contribution in [2.45, 2.75) is 58.0 Å². The van der Waals surface area contributed by atoms with E-state index in [1.54, 1.807) is 6.07 Å². The lowest BCUT2D eigenvalue weighted by atomic mass is 10.0. The van der Waals surface area contributed by atoms with Gasteiger partial charge in [0.1, 0.15) is 0 Å². The van der Waals surface area contributed by atoms with Crippen LogP contribution in [0.1, 0.15) is 66.8 Å². The Balaban J connectivity index is 1.95. The van der Waals surface area contributed by atoms with E-state index in [2.05, 4.69) is 6.92 Å². The van der Waals surface area contributed by atoms with E-state index in [9.17, 15) is 14.7 Å². The zero-order valence-electron chi connectivity index (χ0n) is 14.1. The molecule has 0 radical (unpaired) electrons. The highest BCUT2D eigenvalue weighted by Gasteiger charge is 2.28. The quantitative estimate of drug-likeness (QED) is 0.823. The van der Waals surface area contributed by atoms with Gasteiger partial charge in [-0.1, -0.05) is 19.8 Å². The Labute approximate surface area is 141 Å². The highest BCUT2D eigenvalue weighted by Crippen LogP contribution is 2.29. The van der Waals surface area contributed by atoms with E-state index in [1.165, 1.54) is 0 Å². The van der Waals surface area contributed by atoms with Crippen molar-refractivity contribution in [1.29, 1.82) is 0 Å². The van der Waals surface area contributed by atoms with Gasteiger partial charge in [0, 0.05) is 25.0 Å². The van der Waals surface area contributed by atoms with E-state index in [4.69, 9.17) is 0 Å². The molecule has 1 aliphatic rings. The van der Waals surface area contributed by atoms with Gasteiger partial charge in [-0.25, -0.2) is 0 Å². The van der Waals surface area contributed by atoms with E-state index >= 15 is 0 Å². The third-order valence-corrected chi connectivity index (χ3v) is 4.84. The number of unbranched alkanes of at least 4 members (excludes halogenated alkanes) is 1. The fourth-order valence-electron chi connectivity index (χ4n) is 3.53. The summed E-state index contributed by atoms with van der Waals surface area (Å²) >= 11 is 0. The van der Waals surface area contributed by atoms with E-state index < -0.39 is 11.9 Å². The largest absolute Gasteiger partial charge is 0.481 e. The number of hydrogen-bond donors (Lipinski definition) is 1. The van der Waals surface area contributed by atoms with E-state index in [0.29, 0.717) is 24.4 Å². The molecule has 0 fully saturated rings. The van der Waals surface area contributed by atoms with Gasteiger partial charge in [-0.05, 0) is 43.5 Å². The summed E-state index contributed by atoms with van der Waals surface area (Å²) in [5, 5.41) is 9.48. The van der Waals surface area contributed by atoms with Gasteiger partial charge in [-0.3, -0.25) is 9.59 Å². The van der Waals surface area contributed by atoms with Gasteiger partial charge in [-0.15, -0.1) is 0 Å². The minimum atomic E-state index is -0.804. The summed E-state index contributed by atoms with van der Waals surface area (Å²) in [6.07, 6.45) is 6.46.